The molecule has 1 aliphatic carbocycles. The summed E-state index contributed by atoms with van der Waals surface area (Å²) in [6.45, 7) is 0.944. The molecule has 11 nitrogen and oxygen atoms in total. The maximum absolute atomic E-state index is 12.6. The third-order valence-electron chi connectivity index (χ3n) is 5.32. The Labute approximate surface area is 197 Å². The molecule has 1 N–H and O–H groups in total. The van der Waals surface area contributed by atoms with Gasteiger partial charge < -0.3 is 23.9 Å². The molecule has 2 aliphatic rings. The first-order valence-electron chi connectivity index (χ1n) is 10.7. The van der Waals surface area contributed by atoms with Gasteiger partial charge in [-0.1, -0.05) is 6.07 Å². The Hall–Kier alpha value is -4.15. The van der Waals surface area contributed by atoms with Gasteiger partial charge in [-0.2, -0.15) is 5.26 Å². The number of nitrogens with zero attached hydrogens (tertiary/aromatic N) is 7. The predicted octanol–water partition coefficient (Wildman–Crippen LogP) is 2.61. The van der Waals surface area contributed by atoms with Crippen LogP contribution in [0.15, 0.2) is 35.3 Å². The van der Waals surface area contributed by atoms with Crippen molar-refractivity contribution in [3.05, 3.63) is 42.3 Å². The van der Waals surface area contributed by atoms with Crippen molar-refractivity contribution in [1.82, 2.24) is 35.2 Å². The monoisotopic (exact) mass is 490 g/mol. The lowest BCUT2D eigenvalue weighted by Gasteiger charge is -2.12. The van der Waals surface area contributed by atoms with Crippen molar-refractivity contribution in [2.45, 2.75) is 37.6 Å². The summed E-state index contributed by atoms with van der Waals surface area (Å²) in [5, 5.41) is 26.2. The molecule has 1 amide bonds. The lowest BCUT2D eigenvalue weighted by Crippen LogP contribution is -2.36. The second-order valence-corrected chi connectivity index (χ2v) is 8.12. The number of halogens is 3. The van der Waals surface area contributed by atoms with Gasteiger partial charge >= 0.3 is 18.2 Å². The van der Waals surface area contributed by atoms with E-state index in [2.05, 4.69) is 30.4 Å². The van der Waals surface area contributed by atoms with Crippen LogP contribution in [0.2, 0.25) is 0 Å². The number of nitriles is 1. The summed E-state index contributed by atoms with van der Waals surface area (Å²) in [4.78, 5) is 13.9. The number of ether oxygens (including phenoxy) is 1. The number of carbonyl (C=O) groups is 1. The van der Waals surface area contributed by atoms with Crippen molar-refractivity contribution in [3.8, 4) is 23.4 Å². The number of nitrogens with one attached hydrogen (secondary N) is 1. The molecular weight excluding hydrogens is 469 g/mol. The molecule has 35 heavy (non-hydrogen) atoms. The number of aryl methyl sites for hydroxylation is 1. The Morgan fingerprint density at radius 3 is 2.54 bits per heavy atom. The van der Waals surface area contributed by atoms with Gasteiger partial charge in [-0.3, -0.25) is 4.79 Å². The molecule has 14 heteroatoms. The number of benzene rings is 1. The molecule has 2 aromatic heterocycles. The van der Waals surface area contributed by atoms with Gasteiger partial charge in [0.2, 0.25) is 5.89 Å². The van der Waals surface area contributed by atoms with Crippen LogP contribution in [0, 0.1) is 11.5 Å². The first-order chi connectivity index (χ1) is 16.7. The van der Waals surface area contributed by atoms with Gasteiger partial charge in [0.1, 0.15) is 18.4 Å². The molecule has 3 aromatic rings. The smallest absolute Gasteiger partial charge is 0.412 e. The van der Waals surface area contributed by atoms with Crippen LogP contribution in [0.4, 0.5) is 13.2 Å². The van der Waals surface area contributed by atoms with E-state index in [1.54, 1.807) is 23.3 Å². The van der Waals surface area contributed by atoms with Gasteiger partial charge in [-0.25, -0.2) is 0 Å². The Morgan fingerprint density at radius 1 is 1.23 bits per heavy atom. The van der Waals surface area contributed by atoms with E-state index in [4.69, 9.17) is 9.68 Å². The fraction of sp³-hybridized carbons (Fsp3) is 0.429. The van der Waals surface area contributed by atoms with E-state index in [1.807, 2.05) is 13.2 Å². The van der Waals surface area contributed by atoms with Crippen LogP contribution in [0.25, 0.3) is 11.5 Å². The number of hydrogen-bond donors (Lipinski definition) is 1. The zero-order valence-electron chi connectivity index (χ0n) is 18.6. The van der Waals surface area contributed by atoms with Gasteiger partial charge in [0, 0.05) is 31.7 Å². The minimum Gasteiger partial charge on any atom is -0.412 e. The Bertz CT molecular complexity index is 1200. The van der Waals surface area contributed by atoms with Crippen LogP contribution in [0.5, 0.6) is 5.75 Å². The topological polar surface area (TPSA) is 135 Å². The molecule has 2 fully saturated rings. The third-order valence-corrected chi connectivity index (χ3v) is 5.32. The Morgan fingerprint density at radius 2 is 1.97 bits per heavy atom. The van der Waals surface area contributed by atoms with E-state index in [-0.39, 0.29) is 23.7 Å². The van der Waals surface area contributed by atoms with Crippen LogP contribution >= 0.6 is 0 Å². The van der Waals surface area contributed by atoms with E-state index >= 15 is 0 Å². The van der Waals surface area contributed by atoms with Crippen LogP contribution < -0.4 is 10.1 Å². The minimum atomic E-state index is -4.82. The van der Waals surface area contributed by atoms with E-state index in [9.17, 15) is 18.0 Å². The lowest BCUT2D eigenvalue weighted by atomic mass is 10.0. The largest absolute Gasteiger partial charge is 0.573 e. The third kappa shape index (κ3) is 6.46. The van der Waals surface area contributed by atoms with Crippen molar-refractivity contribution < 1.29 is 27.1 Å². The standard InChI is InChI=1S/C18H16F3N5O3.C3H5N3/c19-18(20,21)29-12-3-4-13(10-1-2-10)14(7-12)16-24-25-17(28-16)15(27)23-11-5-6-26(8-11)9-22;1-6-2-4-5-3-6/h3-4,7,10-11H,1-2,5-6,8H2,(H,23,27);2-3H,1H3. The zero-order chi connectivity index (χ0) is 25.0. The van der Waals surface area contributed by atoms with Gasteiger partial charge in [0.15, 0.2) is 6.19 Å². The molecular formula is C21H21F3N8O3. The molecule has 1 unspecified atom stereocenters. The fourth-order valence-corrected chi connectivity index (χ4v) is 3.56. The maximum atomic E-state index is 12.6. The first-order valence-corrected chi connectivity index (χ1v) is 10.7. The van der Waals surface area contributed by atoms with Gasteiger partial charge in [0.25, 0.3) is 0 Å². The molecule has 1 saturated heterocycles. The molecule has 1 atom stereocenters. The fourth-order valence-electron chi connectivity index (χ4n) is 3.56. The van der Waals surface area contributed by atoms with Crippen LogP contribution in [0.1, 0.15) is 41.4 Å². The Kier molecular flexibility index (Phi) is 6.85. The quantitative estimate of drug-likeness (QED) is 0.536. The second-order valence-electron chi connectivity index (χ2n) is 8.12. The highest BCUT2D eigenvalue weighted by Crippen LogP contribution is 2.45. The van der Waals surface area contributed by atoms with Gasteiger partial charge in [-0.15, -0.1) is 33.6 Å². The average molecular weight is 490 g/mol. The summed E-state index contributed by atoms with van der Waals surface area (Å²) in [7, 11) is 1.88. The normalized spacial score (nSPS) is 17.3. The second kappa shape index (κ2) is 10.00. The lowest BCUT2D eigenvalue weighted by molar-refractivity contribution is -0.274. The number of rotatable bonds is 5. The van der Waals surface area contributed by atoms with Crippen molar-refractivity contribution >= 4 is 5.91 Å². The number of carbonyl (C=O) groups excluding carboxylic acids is 1. The molecule has 1 aliphatic heterocycles. The average Bonchev–Trinajstić information content (AvgIpc) is 3.18. The van der Waals surface area contributed by atoms with Gasteiger partial charge in [-0.05, 0) is 42.9 Å². The summed E-state index contributed by atoms with van der Waals surface area (Å²) >= 11 is 0. The number of alkyl halides is 3. The number of hydrogen-bond acceptors (Lipinski definition) is 9. The molecule has 1 saturated carbocycles. The summed E-state index contributed by atoms with van der Waals surface area (Å²) in [5.41, 5.74) is 1.09. The molecule has 184 valence electrons. The van der Waals surface area contributed by atoms with E-state index in [0.717, 1.165) is 18.4 Å². The highest BCUT2D eigenvalue weighted by Gasteiger charge is 2.33. The van der Waals surface area contributed by atoms with Gasteiger partial charge in [0.05, 0.1) is 0 Å². The molecule has 3 heterocycles. The first kappa shape index (κ1) is 24.0. The summed E-state index contributed by atoms with van der Waals surface area (Å²) < 4.78 is 48.9. The Balaban J connectivity index is 0.000000421. The zero-order valence-corrected chi connectivity index (χ0v) is 18.6. The van der Waals surface area contributed by atoms with Crippen LogP contribution in [-0.2, 0) is 7.05 Å². The molecule has 0 spiro atoms. The van der Waals surface area contributed by atoms with Crippen molar-refractivity contribution in [3.63, 3.8) is 0 Å². The highest BCUT2D eigenvalue weighted by molar-refractivity contribution is 5.90. The number of aromatic nitrogens is 5. The van der Waals surface area contributed by atoms with E-state index in [1.165, 1.54) is 17.0 Å². The van der Waals surface area contributed by atoms with E-state index in [0.29, 0.717) is 25.1 Å². The predicted molar refractivity (Wildman–Crippen MR) is 112 cm³/mol. The molecule has 0 bridgehead atoms. The number of likely N-dealkylation sites (tertiary alicyclic amines) is 1. The molecule has 0 radical (unpaired) electrons. The van der Waals surface area contributed by atoms with Crippen molar-refractivity contribution in [2.24, 2.45) is 7.05 Å². The molecule has 5 rings (SSSR count). The number of amides is 1. The van der Waals surface area contributed by atoms with Crippen LogP contribution in [-0.4, -0.2) is 61.3 Å². The SMILES string of the molecule is Cn1cnnc1.N#CN1CCC(NC(=O)c2nnc(-c3cc(OC(F)(F)F)ccc3C3CC3)o2)C1. The van der Waals surface area contributed by atoms with Crippen molar-refractivity contribution in [2.75, 3.05) is 13.1 Å². The summed E-state index contributed by atoms with van der Waals surface area (Å²) in [5.74, 6) is -1.13. The molecule has 1 aromatic carbocycles. The summed E-state index contributed by atoms with van der Waals surface area (Å²) in [6, 6.07) is 3.77. The minimum absolute atomic E-state index is 0.0465. The van der Waals surface area contributed by atoms with E-state index < -0.39 is 18.0 Å². The highest BCUT2D eigenvalue weighted by atomic mass is 19.4. The summed E-state index contributed by atoms with van der Waals surface area (Å²) in [6.07, 6.45) is 2.90. The van der Waals surface area contributed by atoms with Crippen molar-refractivity contribution in [1.29, 1.82) is 5.26 Å². The van der Waals surface area contributed by atoms with Crippen LogP contribution in [0.3, 0.4) is 0 Å². The maximum Gasteiger partial charge on any atom is 0.573 e.